The molecule has 1 aromatic heterocycles. The molecule has 0 bridgehead atoms. The van der Waals surface area contributed by atoms with Crippen molar-refractivity contribution in [3.63, 3.8) is 0 Å². The molecule has 1 aliphatic rings. The minimum absolute atomic E-state index is 0.223. The van der Waals surface area contributed by atoms with Crippen LogP contribution in [0.25, 0.3) is 17.3 Å². The van der Waals surface area contributed by atoms with E-state index in [0.29, 0.717) is 31.2 Å². The van der Waals surface area contributed by atoms with Crippen LogP contribution in [-0.2, 0) is 4.79 Å². The highest BCUT2D eigenvalue weighted by molar-refractivity contribution is 8.26. The van der Waals surface area contributed by atoms with Crippen LogP contribution in [0.3, 0.4) is 0 Å². The van der Waals surface area contributed by atoms with E-state index in [1.54, 1.807) is 47.9 Å². The summed E-state index contributed by atoms with van der Waals surface area (Å²) < 4.78 is 13.8. The number of halogens is 1. The summed E-state index contributed by atoms with van der Waals surface area (Å²) in [5, 5.41) is 7.48. The van der Waals surface area contributed by atoms with Gasteiger partial charge in [-0.3, -0.25) is 14.9 Å². The summed E-state index contributed by atoms with van der Waals surface area (Å²) in [6.07, 6.45) is 1.72. The van der Waals surface area contributed by atoms with Gasteiger partial charge in [-0.25, -0.2) is 9.37 Å². The zero-order chi connectivity index (χ0) is 20.4. The monoisotopic (exact) mass is 441 g/mol. The average Bonchev–Trinajstić information content (AvgIpc) is 3.28. The van der Waals surface area contributed by atoms with Gasteiger partial charge in [0, 0.05) is 16.5 Å². The van der Waals surface area contributed by atoms with Crippen LogP contribution >= 0.6 is 35.3 Å². The number of carbonyl (C=O) groups is 2. The molecule has 0 saturated carbocycles. The number of nitrogens with one attached hydrogen (secondary N) is 2. The smallest absolute Gasteiger partial charge is 0.263 e. The van der Waals surface area contributed by atoms with Gasteiger partial charge in [-0.2, -0.15) is 0 Å². The number of thioether (sulfide) groups is 1. The van der Waals surface area contributed by atoms with Gasteiger partial charge in [0.05, 0.1) is 10.6 Å². The van der Waals surface area contributed by atoms with Crippen molar-refractivity contribution in [1.82, 2.24) is 10.3 Å². The fourth-order valence-electron chi connectivity index (χ4n) is 2.58. The molecule has 29 heavy (non-hydrogen) atoms. The van der Waals surface area contributed by atoms with Gasteiger partial charge in [-0.15, -0.1) is 11.3 Å². The fourth-order valence-corrected chi connectivity index (χ4v) is 4.34. The molecule has 1 aliphatic heterocycles. The molecule has 1 saturated heterocycles. The highest BCUT2D eigenvalue weighted by Crippen LogP contribution is 2.27. The number of amides is 2. The zero-order valence-corrected chi connectivity index (χ0v) is 17.1. The lowest BCUT2D eigenvalue weighted by molar-refractivity contribution is -0.115. The van der Waals surface area contributed by atoms with Crippen molar-refractivity contribution in [1.29, 1.82) is 0 Å². The number of hydrogen-bond acceptors (Lipinski definition) is 6. The first-order chi connectivity index (χ1) is 14.0. The Morgan fingerprint density at radius 2 is 2.00 bits per heavy atom. The summed E-state index contributed by atoms with van der Waals surface area (Å²) in [4.78, 5) is 29.0. The van der Waals surface area contributed by atoms with E-state index in [2.05, 4.69) is 15.6 Å². The van der Waals surface area contributed by atoms with E-state index >= 15 is 0 Å². The molecule has 0 radical (unpaired) electrons. The number of hydrogen-bond donors (Lipinski definition) is 2. The summed E-state index contributed by atoms with van der Waals surface area (Å²) in [6, 6.07) is 13.0. The van der Waals surface area contributed by atoms with Gasteiger partial charge in [0.1, 0.15) is 10.1 Å². The molecule has 1 fully saturated rings. The highest BCUT2D eigenvalue weighted by atomic mass is 32.2. The topological polar surface area (TPSA) is 71.1 Å². The van der Waals surface area contributed by atoms with Crippen molar-refractivity contribution in [3.05, 3.63) is 75.8 Å². The van der Waals surface area contributed by atoms with Crippen LogP contribution in [0, 0.1) is 5.82 Å². The number of aromatic nitrogens is 1. The lowest BCUT2D eigenvalue weighted by atomic mass is 10.1. The Hall–Kier alpha value is -2.88. The first-order valence-corrected chi connectivity index (χ1v) is 10.5. The Balaban J connectivity index is 1.45. The lowest BCUT2D eigenvalue weighted by Crippen LogP contribution is -2.17. The number of nitrogens with zero attached hydrogens (tertiary/aromatic N) is 1. The largest absolute Gasteiger partial charge is 0.307 e. The van der Waals surface area contributed by atoms with E-state index in [1.165, 1.54) is 35.2 Å². The molecule has 3 aromatic rings. The van der Waals surface area contributed by atoms with E-state index in [0.717, 1.165) is 5.56 Å². The molecular formula is C20H12FN3O2S3. The van der Waals surface area contributed by atoms with Crippen molar-refractivity contribution in [2.75, 3.05) is 5.32 Å². The van der Waals surface area contributed by atoms with Crippen molar-refractivity contribution in [2.45, 2.75) is 0 Å². The molecule has 2 N–H and O–H groups in total. The molecule has 0 spiro atoms. The Labute approximate surface area is 179 Å². The third-order valence-corrected chi connectivity index (χ3v) is 5.88. The van der Waals surface area contributed by atoms with Crippen LogP contribution in [-0.4, -0.2) is 21.1 Å². The normalized spacial score (nSPS) is 14.9. The Bertz CT molecular complexity index is 1160. The first kappa shape index (κ1) is 19.4. The van der Waals surface area contributed by atoms with Gasteiger partial charge < -0.3 is 5.32 Å². The second-order valence-corrected chi connectivity index (χ2v) is 8.55. The Morgan fingerprint density at radius 1 is 1.21 bits per heavy atom. The second-order valence-electron chi connectivity index (χ2n) is 5.98. The van der Waals surface area contributed by atoms with Crippen LogP contribution in [0.5, 0.6) is 0 Å². The molecule has 0 unspecified atom stereocenters. The Kier molecular flexibility index (Phi) is 5.52. The van der Waals surface area contributed by atoms with Gasteiger partial charge >= 0.3 is 0 Å². The quantitative estimate of drug-likeness (QED) is 0.454. The fraction of sp³-hybridized carbons (Fsp3) is 0. The lowest BCUT2D eigenvalue weighted by Gasteiger charge is -2.03. The predicted molar refractivity (Wildman–Crippen MR) is 118 cm³/mol. The zero-order valence-electron chi connectivity index (χ0n) is 14.6. The molecule has 2 heterocycles. The highest BCUT2D eigenvalue weighted by Gasteiger charge is 2.21. The number of anilines is 1. The average molecular weight is 442 g/mol. The maximum absolute atomic E-state index is 13.4. The summed E-state index contributed by atoms with van der Waals surface area (Å²) in [5.41, 5.74) is 2.48. The third kappa shape index (κ3) is 4.58. The number of rotatable bonds is 4. The summed E-state index contributed by atoms with van der Waals surface area (Å²) >= 11 is 7.43. The van der Waals surface area contributed by atoms with Crippen LogP contribution in [0.4, 0.5) is 9.52 Å². The summed E-state index contributed by atoms with van der Waals surface area (Å²) in [6.45, 7) is 0. The molecule has 5 nitrogen and oxygen atoms in total. The second kappa shape index (κ2) is 8.24. The van der Waals surface area contributed by atoms with Crippen molar-refractivity contribution < 1.29 is 14.0 Å². The molecule has 4 rings (SSSR count). The number of benzene rings is 2. The van der Waals surface area contributed by atoms with Crippen molar-refractivity contribution in [3.8, 4) is 11.3 Å². The minimum Gasteiger partial charge on any atom is -0.307 e. The molecule has 0 aliphatic carbocycles. The first-order valence-electron chi connectivity index (χ1n) is 8.36. The van der Waals surface area contributed by atoms with E-state index in [4.69, 9.17) is 12.2 Å². The van der Waals surface area contributed by atoms with E-state index < -0.39 is 0 Å². The van der Waals surface area contributed by atoms with Gasteiger partial charge in [-0.1, -0.05) is 48.2 Å². The van der Waals surface area contributed by atoms with E-state index in [-0.39, 0.29) is 17.6 Å². The maximum atomic E-state index is 13.4. The summed E-state index contributed by atoms with van der Waals surface area (Å²) in [5.74, 6) is -0.871. The van der Waals surface area contributed by atoms with Crippen LogP contribution in [0.15, 0.2) is 58.8 Å². The number of thiocarbonyl (C=S) groups is 1. The SMILES string of the molecule is O=C1NC(=S)S/C1=C\c1ccc(C(=O)Nc2nc(-c3cccc(F)c3)cs2)cc1. The van der Waals surface area contributed by atoms with Crippen LogP contribution in [0.2, 0.25) is 0 Å². The van der Waals surface area contributed by atoms with Gasteiger partial charge in [0.25, 0.3) is 11.8 Å². The van der Waals surface area contributed by atoms with E-state index in [9.17, 15) is 14.0 Å². The molecular weight excluding hydrogens is 429 g/mol. The molecule has 9 heteroatoms. The van der Waals surface area contributed by atoms with Crippen LogP contribution < -0.4 is 10.6 Å². The molecule has 144 valence electrons. The molecule has 0 atom stereocenters. The molecule has 2 amide bonds. The predicted octanol–water partition coefficient (Wildman–Crippen LogP) is 4.69. The van der Waals surface area contributed by atoms with Crippen molar-refractivity contribution in [2.24, 2.45) is 0 Å². The van der Waals surface area contributed by atoms with Crippen LogP contribution in [0.1, 0.15) is 15.9 Å². The van der Waals surface area contributed by atoms with E-state index in [1.807, 2.05) is 0 Å². The number of carbonyl (C=O) groups excluding carboxylic acids is 2. The van der Waals surface area contributed by atoms with Crippen molar-refractivity contribution >= 4 is 62.7 Å². The third-order valence-electron chi connectivity index (χ3n) is 3.96. The van der Waals surface area contributed by atoms with Gasteiger partial charge in [0.2, 0.25) is 0 Å². The standard InChI is InChI=1S/C20H12FN3O2S3/c21-14-3-1-2-13(9-14)15-10-28-19(22-15)23-17(25)12-6-4-11(5-7-12)8-16-18(26)24-20(27)29-16/h1-10H,(H,22,23,25)(H,24,26,27)/b16-8-. The summed E-state index contributed by atoms with van der Waals surface area (Å²) in [7, 11) is 0. The molecule has 2 aromatic carbocycles. The number of thiazole rings is 1. The van der Waals surface area contributed by atoms with Gasteiger partial charge in [-0.05, 0) is 35.9 Å². The minimum atomic E-state index is -0.341. The Morgan fingerprint density at radius 3 is 2.69 bits per heavy atom. The maximum Gasteiger partial charge on any atom is 0.263 e. The van der Waals surface area contributed by atoms with Gasteiger partial charge in [0.15, 0.2) is 5.13 Å².